The molecule has 0 aliphatic carbocycles. The number of hydrogen-bond acceptors (Lipinski definition) is 7. The number of nitrogens with two attached hydrogens (primary N) is 1. The van der Waals surface area contributed by atoms with Gasteiger partial charge in [0, 0.05) is 23.5 Å². The fraction of sp³-hybridized carbons (Fsp3) is 0. The second-order valence-electron chi connectivity index (χ2n) is 5.94. The summed E-state index contributed by atoms with van der Waals surface area (Å²) >= 11 is 0. The summed E-state index contributed by atoms with van der Waals surface area (Å²) in [4.78, 5) is 8.17. The molecule has 0 spiro atoms. The fourth-order valence-corrected chi connectivity index (χ4v) is 2.90. The molecule has 136 valence electrons. The van der Waals surface area contributed by atoms with Gasteiger partial charge in [-0.2, -0.15) is 9.61 Å². The van der Waals surface area contributed by atoms with Crippen LogP contribution in [0.25, 0.3) is 34.0 Å². The highest BCUT2D eigenvalue weighted by atomic mass is 19.1. The molecule has 0 fully saturated rings. The first-order valence-electron chi connectivity index (χ1n) is 8.30. The highest BCUT2D eigenvalue weighted by Crippen LogP contribution is 2.32. The van der Waals surface area contributed by atoms with Gasteiger partial charge in [-0.15, -0.1) is 15.3 Å². The Hall–Kier alpha value is -4.21. The number of aromatic nitrogens is 8. The molecule has 0 saturated carbocycles. The predicted octanol–water partition coefficient (Wildman–Crippen LogP) is 2.16. The summed E-state index contributed by atoms with van der Waals surface area (Å²) in [5.74, 6) is 0.241. The number of nitrogens with zero attached hydrogens (tertiary/aromatic N) is 8. The Kier molecular flexibility index (Phi) is 3.54. The third-order valence-electron chi connectivity index (χ3n) is 4.18. The van der Waals surface area contributed by atoms with Gasteiger partial charge in [-0.1, -0.05) is 12.1 Å². The van der Waals surface area contributed by atoms with Gasteiger partial charge < -0.3 is 5.73 Å². The van der Waals surface area contributed by atoms with Crippen LogP contribution in [0.3, 0.4) is 0 Å². The maximum absolute atomic E-state index is 14.5. The Bertz CT molecular complexity index is 1310. The van der Waals surface area contributed by atoms with Crippen molar-refractivity contribution >= 4 is 11.6 Å². The lowest BCUT2D eigenvalue weighted by atomic mass is 10.1. The number of nitrogen functional groups attached to an aromatic ring is 1. The van der Waals surface area contributed by atoms with Crippen LogP contribution in [0.1, 0.15) is 0 Å². The van der Waals surface area contributed by atoms with Crippen LogP contribution in [0.2, 0.25) is 0 Å². The molecule has 0 radical (unpaired) electrons. The van der Waals surface area contributed by atoms with Crippen molar-refractivity contribution in [2.45, 2.75) is 0 Å². The molecule has 0 aliphatic rings. The first-order valence-corrected chi connectivity index (χ1v) is 8.30. The monoisotopic (exact) mass is 373 g/mol. The van der Waals surface area contributed by atoms with E-state index in [9.17, 15) is 4.39 Å². The Labute approximate surface area is 157 Å². The van der Waals surface area contributed by atoms with Gasteiger partial charge in [-0.25, -0.2) is 19.0 Å². The van der Waals surface area contributed by atoms with Crippen LogP contribution in [0.15, 0.2) is 61.2 Å². The van der Waals surface area contributed by atoms with Gasteiger partial charge in [0.25, 0.3) is 0 Å². The smallest absolute Gasteiger partial charge is 0.220 e. The Morgan fingerprint density at radius 3 is 2.71 bits per heavy atom. The molecule has 0 atom stereocenters. The molecular weight excluding hydrogens is 361 g/mol. The standard InChI is InChI=1S/C18H12FN9/c19-13-4-2-1-3-11(13)17-12(14-7-8-21-18(20)23-14)9-27(26-17)16-6-5-15-24-22-10-28(15)25-16/h1-10H,(H2,20,21,23). The predicted molar refractivity (Wildman–Crippen MR) is 98.7 cm³/mol. The van der Waals surface area contributed by atoms with E-state index >= 15 is 0 Å². The van der Waals surface area contributed by atoms with Gasteiger partial charge in [-0.05, 0) is 30.3 Å². The molecule has 4 heterocycles. The van der Waals surface area contributed by atoms with Gasteiger partial charge in [0.05, 0.1) is 5.69 Å². The van der Waals surface area contributed by atoms with E-state index in [-0.39, 0.29) is 5.95 Å². The fourth-order valence-electron chi connectivity index (χ4n) is 2.90. The lowest BCUT2D eigenvalue weighted by molar-refractivity contribution is 0.630. The largest absolute Gasteiger partial charge is 0.368 e. The second-order valence-corrected chi connectivity index (χ2v) is 5.94. The van der Waals surface area contributed by atoms with Crippen LogP contribution in [-0.4, -0.2) is 39.6 Å². The Morgan fingerprint density at radius 2 is 1.86 bits per heavy atom. The van der Waals surface area contributed by atoms with E-state index in [2.05, 4.69) is 30.4 Å². The molecule has 1 aromatic carbocycles. The normalized spacial score (nSPS) is 11.2. The van der Waals surface area contributed by atoms with E-state index in [4.69, 9.17) is 5.73 Å². The van der Waals surface area contributed by atoms with Crippen molar-refractivity contribution in [1.29, 1.82) is 0 Å². The van der Waals surface area contributed by atoms with Gasteiger partial charge >= 0.3 is 0 Å². The highest BCUT2D eigenvalue weighted by molar-refractivity contribution is 5.79. The van der Waals surface area contributed by atoms with Crippen molar-refractivity contribution in [3.05, 3.63) is 67.0 Å². The molecule has 5 aromatic rings. The zero-order chi connectivity index (χ0) is 19.1. The Balaban J connectivity index is 1.73. The summed E-state index contributed by atoms with van der Waals surface area (Å²) in [7, 11) is 0. The van der Waals surface area contributed by atoms with Gasteiger partial charge in [-0.3, -0.25) is 0 Å². The average Bonchev–Trinajstić information content (AvgIpc) is 3.35. The maximum atomic E-state index is 14.5. The van der Waals surface area contributed by atoms with E-state index in [0.29, 0.717) is 34.0 Å². The van der Waals surface area contributed by atoms with Crippen molar-refractivity contribution in [3.8, 4) is 28.3 Å². The van der Waals surface area contributed by atoms with Crippen LogP contribution in [0.4, 0.5) is 10.3 Å². The topological polar surface area (TPSA) is 113 Å². The number of hydrogen-bond donors (Lipinski definition) is 1. The molecule has 0 bridgehead atoms. The second kappa shape index (κ2) is 6.20. The zero-order valence-corrected chi connectivity index (χ0v) is 14.3. The van der Waals surface area contributed by atoms with Gasteiger partial charge in [0.1, 0.15) is 17.8 Å². The van der Waals surface area contributed by atoms with Gasteiger partial charge in [0.2, 0.25) is 5.95 Å². The molecule has 5 rings (SSSR count). The van der Waals surface area contributed by atoms with E-state index in [0.717, 1.165) is 0 Å². The summed E-state index contributed by atoms with van der Waals surface area (Å²) in [5, 5.41) is 16.7. The van der Waals surface area contributed by atoms with Crippen molar-refractivity contribution in [3.63, 3.8) is 0 Å². The summed E-state index contributed by atoms with van der Waals surface area (Å²) < 4.78 is 17.6. The molecule has 4 aromatic heterocycles. The first-order chi connectivity index (χ1) is 13.7. The van der Waals surface area contributed by atoms with Crippen molar-refractivity contribution in [2.24, 2.45) is 0 Å². The third-order valence-corrected chi connectivity index (χ3v) is 4.18. The Morgan fingerprint density at radius 1 is 0.964 bits per heavy atom. The quantitative estimate of drug-likeness (QED) is 0.515. The van der Waals surface area contributed by atoms with E-state index in [1.165, 1.54) is 16.9 Å². The molecule has 0 amide bonds. The van der Waals surface area contributed by atoms with Gasteiger partial charge in [0.15, 0.2) is 11.5 Å². The molecule has 0 aliphatic heterocycles. The molecule has 0 saturated heterocycles. The van der Waals surface area contributed by atoms with Crippen molar-refractivity contribution in [1.82, 2.24) is 39.6 Å². The average molecular weight is 373 g/mol. The first kappa shape index (κ1) is 16.0. The van der Waals surface area contributed by atoms with Crippen LogP contribution >= 0.6 is 0 Å². The molecule has 0 unspecified atom stereocenters. The minimum atomic E-state index is -0.391. The summed E-state index contributed by atoms with van der Waals surface area (Å²) in [6.07, 6.45) is 4.76. The lowest BCUT2D eigenvalue weighted by Gasteiger charge is -2.03. The molecule has 9 nitrogen and oxygen atoms in total. The SMILES string of the molecule is Nc1nccc(-c2cn(-c3ccc4nncn4n3)nc2-c2ccccc2F)n1. The molecule has 28 heavy (non-hydrogen) atoms. The van der Waals surface area contributed by atoms with Crippen LogP contribution < -0.4 is 5.73 Å². The van der Waals surface area contributed by atoms with Crippen LogP contribution in [0.5, 0.6) is 0 Å². The number of anilines is 1. The minimum Gasteiger partial charge on any atom is -0.368 e. The summed E-state index contributed by atoms with van der Waals surface area (Å²) in [6, 6.07) is 11.6. The summed E-state index contributed by atoms with van der Waals surface area (Å²) in [6.45, 7) is 0. The van der Waals surface area contributed by atoms with E-state index < -0.39 is 5.82 Å². The minimum absolute atomic E-state index is 0.119. The van der Waals surface area contributed by atoms with Crippen molar-refractivity contribution in [2.75, 3.05) is 5.73 Å². The summed E-state index contributed by atoms with van der Waals surface area (Å²) in [5.41, 5.74) is 8.23. The number of fused-ring (bicyclic) bond motifs is 1. The molecule has 10 heteroatoms. The van der Waals surface area contributed by atoms with E-state index in [1.807, 2.05) is 0 Å². The van der Waals surface area contributed by atoms with Crippen LogP contribution in [-0.2, 0) is 0 Å². The lowest BCUT2D eigenvalue weighted by Crippen LogP contribution is -2.02. The number of benzene rings is 1. The number of rotatable bonds is 3. The number of halogens is 1. The molecule has 2 N–H and O–H groups in total. The molecular formula is C18H12FN9. The van der Waals surface area contributed by atoms with Crippen molar-refractivity contribution < 1.29 is 4.39 Å². The third kappa shape index (κ3) is 2.63. The highest BCUT2D eigenvalue weighted by Gasteiger charge is 2.18. The maximum Gasteiger partial charge on any atom is 0.220 e. The van der Waals surface area contributed by atoms with Crippen LogP contribution in [0, 0.1) is 5.82 Å². The zero-order valence-electron chi connectivity index (χ0n) is 14.3. The van der Waals surface area contributed by atoms with E-state index in [1.54, 1.807) is 53.5 Å².